The molecular formula is C32H34N2O3. The molecule has 0 bridgehead atoms. The molecule has 0 saturated carbocycles. The molecule has 1 N–H and O–H groups in total. The van der Waals surface area contributed by atoms with E-state index in [-0.39, 0.29) is 17.1 Å². The van der Waals surface area contributed by atoms with Crippen LogP contribution in [0, 0.1) is 5.41 Å². The van der Waals surface area contributed by atoms with Gasteiger partial charge < -0.3 is 14.6 Å². The van der Waals surface area contributed by atoms with Gasteiger partial charge in [0.05, 0.1) is 29.4 Å². The van der Waals surface area contributed by atoms with Gasteiger partial charge in [-0.05, 0) is 68.4 Å². The number of benzene rings is 2. The van der Waals surface area contributed by atoms with E-state index in [1.807, 2.05) is 54.3 Å². The number of allylic oxidation sites excluding steroid dienone is 1. The van der Waals surface area contributed by atoms with Crippen molar-refractivity contribution in [3.05, 3.63) is 76.5 Å². The molecule has 190 valence electrons. The van der Waals surface area contributed by atoms with Crippen molar-refractivity contribution in [3.63, 3.8) is 0 Å². The highest BCUT2D eigenvalue weighted by molar-refractivity contribution is 6.15. The van der Waals surface area contributed by atoms with Crippen molar-refractivity contribution >= 4 is 23.0 Å². The maximum atomic E-state index is 14.5. The summed E-state index contributed by atoms with van der Waals surface area (Å²) in [5.74, 6) is 0.280. The lowest BCUT2D eigenvalue weighted by Crippen LogP contribution is -2.47. The number of anilines is 1. The number of hydrogen-bond donors (Lipinski definition) is 1. The van der Waals surface area contributed by atoms with E-state index in [0.29, 0.717) is 18.6 Å². The summed E-state index contributed by atoms with van der Waals surface area (Å²) in [6.45, 7) is 13.0. The lowest BCUT2D eigenvalue weighted by molar-refractivity contribution is -0.119. The highest BCUT2D eigenvalue weighted by atomic mass is 16.5. The number of H-pyrrole nitrogens is 1. The van der Waals surface area contributed by atoms with E-state index in [0.717, 1.165) is 57.1 Å². The zero-order valence-electron chi connectivity index (χ0n) is 22.5. The van der Waals surface area contributed by atoms with Crippen molar-refractivity contribution < 1.29 is 14.3 Å². The Morgan fingerprint density at radius 2 is 1.78 bits per heavy atom. The molecule has 2 aromatic carbocycles. The highest BCUT2D eigenvalue weighted by Gasteiger charge is 2.50. The van der Waals surface area contributed by atoms with Crippen molar-refractivity contribution in [2.45, 2.75) is 65.8 Å². The van der Waals surface area contributed by atoms with Crippen LogP contribution < -0.4 is 9.64 Å². The molecule has 5 heteroatoms. The average molecular weight is 495 g/mol. The van der Waals surface area contributed by atoms with Crippen LogP contribution in [0.15, 0.2) is 48.5 Å². The maximum Gasteiger partial charge on any atom is 0.239 e. The maximum absolute atomic E-state index is 14.5. The molecule has 6 rings (SSSR count). The Labute approximate surface area is 218 Å². The molecule has 0 saturated heterocycles. The zero-order chi connectivity index (χ0) is 26.3. The Morgan fingerprint density at radius 1 is 1.05 bits per heavy atom. The molecule has 5 nitrogen and oxygen atoms in total. The van der Waals surface area contributed by atoms with Gasteiger partial charge in [-0.25, -0.2) is 0 Å². The number of ketones is 1. The number of nitrogens with zero attached hydrogens (tertiary/aromatic N) is 1. The Morgan fingerprint density at radius 3 is 2.49 bits per heavy atom. The van der Waals surface area contributed by atoms with Gasteiger partial charge in [-0.1, -0.05) is 50.3 Å². The van der Waals surface area contributed by atoms with Gasteiger partial charge in [0.2, 0.25) is 5.91 Å². The van der Waals surface area contributed by atoms with Crippen LogP contribution in [0.2, 0.25) is 0 Å². The predicted octanol–water partition coefficient (Wildman–Crippen LogP) is 6.91. The number of aromatic amines is 1. The predicted molar refractivity (Wildman–Crippen MR) is 147 cm³/mol. The average Bonchev–Trinajstić information content (AvgIpc) is 3.32. The zero-order valence-corrected chi connectivity index (χ0v) is 22.5. The number of nitrogens with one attached hydrogen (secondary N) is 1. The molecule has 3 aromatic rings. The second-order valence-corrected chi connectivity index (χ2v) is 12.0. The minimum absolute atomic E-state index is 0.00950. The Balaban J connectivity index is 1.67. The van der Waals surface area contributed by atoms with Crippen molar-refractivity contribution in [1.29, 1.82) is 0 Å². The minimum atomic E-state index is -0.590. The number of carbonyl (C=O) groups is 2. The summed E-state index contributed by atoms with van der Waals surface area (Å²) in [4.78, 5) is 33.8. The first-order valence-electron chi connectivity index (χ1n) is 13.2. The summed E-state index contributed by atoms with van der Waals surface area (Å²) in [6.07, 6.45) is 3.39. The van der Waals surface area contributed by atoms with Gasteiger partial charge in [0, 0.05) is 28.8 Å². The molecule has 1 aliphatic carbocycles. The van der Waals surface area contributed by atoms with E-state index in [2.05, 4.69) is 45.7 Å². The van der Waals surface area contributed by atoms with Crippen molar-refractivity contribution in [2.24, 2.45) is 5.41 Å². The summed E-state index contributed by atoms with van der Waals surface area (Å²) >= 11 is 0. The van der Waals surface area contributed by atoms with Gasteiger partial charge in [-0.2, -0.15) is 0 Å². The third kappa shape index (κ3) is 3.51. The normalized spacial score (nSPS) is 21.0. The number of ether oxygens (including phenoxy) is 1. The smallest absolute Gasteiger partial charge is 0.239 e. The second-order valence-electron chi connectivity index (χ2n) is 12.0. The first-order chi connectivity index (χ1) is 17.5. The lowest BCUT2D eigenvalue weighted by atomic mass is 9.74. The van der Waals surface area contributed by atoms with E-state index >= 15 is 0 Å². The summed E-state index contributed by atoms with van der Waals surface area (Å²) in [5, 5.41) is 0. The van der Waals surface area contributed by atoms with E-state index in [9.17, 15) is 9.59 Å². The monoisotopic (exact) mass is 494 g/mol. The van der Waals surface area contributed by atoms with Gasteiger partial charge in [-0.15, -0.1) is 0 Å². The fourth-order valence-corrected chi connectivity index (χ4v) is 6.75. The number of rotatable bonds is 4. The number of amides is 1. The third-order valence-electron chi connectivity index (χ3n) is 8.04. The highest BCUT2D eigenvalue weighted by Crippen LogP contribution is 2.55. The Bertz CT molecular complexity index is 1490. The van der Waals surface area contributed by atoms with Gasteiger partial charge in [0.1, 0.15) is 5.75 Å². The van der Waals surface area contributed by atoms with Gasteiger partial charge in [0.25, 0.3) is 0 Å². The second kappa shape index (κ2) is 7.95. The standard InChI is InChI=1S/C32H34N2O3/c1-7-37-20-13-21-18(2)15-32(5,6)34-29(21)22(14-20)25(30(34)36)27-26-23(16-31(3,4)17-24(26)35)33-28(27)19-11-9-8-10-12-19/h8-15,25,33H,7,16-17H2,1-6H3. The summed E-state index contributed by atoms with van der Waals surface area (Å²) < 4.78 is 5.98. The molecule has 1 unspecified atom stereocenters. The van der Waals surface area contributed by atoms with Crippen LogP contribution in [0.4, 0.5) is 5.69 Å². The van der Waals surface area contributed by atoms with Crippen molar-refractivity contribution in [1.82, 2.24) is 4.98 Å². The van der Waals surface area contributed by atoms with Crippen molar-refractivity contribution in [2.75, 3.05) is 11.5 Å². The quantitative estimate of drug-likeness (QED) is 0.429. The molecule has 1 aromatic heterocycles. The number of carbonyl (C=O) groups excluding carboxylic acids is 2. The van der Waals surface area contributed by atoms with Gasteiger partial charge >= 0.3 is 0 Å². The minimum Gasteiger partial charge on any atom is -0.494 e. The topological polar surface area (TPSA) is 62.4 Å². The van der Waals surface area contributed by atoms with E-state index < -0.39 is 11.5 Å². The molecule has 3 heterocycles. The third-order valence-corrected chi connectivity index (χ3v) is 8.04. The molecule has 2 aliphatic heterocycles. The van der Waals surface area contributed by atoms with Crippen LogP contribution in [-0.4, -0.2) is 28.8 Å². The lowest BCUT2D eigenvalue weighted by Gasteiger charge is -2.39. The SMILES string of the molecule is CCOc1cc2c3c(c1)C(c1c(-c4ccccc4)[nH]c4c1C(=O)CC(C)(C)C4)C(=O)N3C(C)(C)C=C2C. The summed E-state index contributed by atoms with van der Waals surface area (Å²) in [6, 6.07) is 14.1. The molecule has 0 radical (unpaired) electrons. The number of Topliss-reactive ketones (excluding diaryl/α,β-unsaturated/α-hetero) is 1. The first-order valence-corrected chi connectivity index (χ1v) is 13.2. The van der Waals surface area contributed by atoms with Crippen LogP contribution in [-0.2, 0) is 11.2 Å². The molecule has 3 aliphatic rings. The Kier molecular flexibility index (Phi) is 5.11. The van der Waals surface area contributed by atoms with Crippen LogP contribution in [0.25, 0.3) is 16.8 Å². The fraction of sp³-hybridized carbons (Fsp3) is 0.375. The van der Waals surface area contributed by atoms with E-state index in [1.54, 1.807) is 0 Å². The van der Waals surface area contributed by atoms with E-state index in [1.165, 1.54) is 0 Å². The summed E-state index contributed by atoms with van der Waals surface area (Å²) in [7, 11) is 0. The van der Waals surface area contributed by atoms with Crippen LogP contribution >= 0.6 is 0 Å². The molecule has 1 atom stereocenters. The molecule has 37 heavy (non-hydrogen) atoms. The fourth-order valence-electron chi connectivity index (χ4n) is 6.75. The van der Waals surface area contributed by atoms with Crippen LogP contribution in [0.3, 0.4) is 0 Å². The molecular weight excluding hydrogens is 460 g/mol. The molecule has 1 amide bonds. The first kappa shape index (κ1) is 23.8. The van der Waals surface area contributed by atoms with Crippen molar-refractivity contribution in [3.8, 4) is 17.0 Å². The van der Waals surface area contributed by atoms with Gasteiger partial charge in [-0.3, -0.25) is 9.59 Å². The molecule has 0 spiro atoms. The van der Waals surface area contributed by atoms with E-state index in [4.69, 9.17) is 4.74 Å². The van der Waals surface area contributed by atoms with Crippen LogP contribution in [0.1, 0.15) is 86.6 Å². The number of aromatic nitrogens is 1. The number of fused-ring (bicyclic) bond motifs is 1. The van der Waals surface area contributed by atoms with Crippen LogP contribution in [0.5, 0.6) is 5.75 Å². The Hall–Kier alpha value is -3.60. The number of hydrogen-bond acceptors (Lipinski definition) is 3. The molecule has 0 fully saturated rings. The summed E-state index contributed by atoms with van der Waals surface area (Å²) in [5.41, 5.74) is 7.70. The van der Waals surface area contributed by atoms with Gasteiger partial charge in [0.15, 0.2) is 5.78 Å². The largest absolute Gasteiger partial charge is 0.494 e.